The molecule has 1 unspecified atom stereocenters. The highest BCUT2D eigenvalue weighted by Crippen LogP contribution is 2.28. The van der Waals surface area contributed by atoms with Gasteiger partial charge in [-0.1, -0.05) is 0 Å². The predicted molar refractivity (Wildman–Crippen MR) is 79.2 cm³/mol. The quantitative estimate of drug-likeness (QED) is 0.919. The van der Waals surface area contributed by atoms with Gasteiger partial charge < -0.3 is 10.2 Å². The van der Waals surface area contributed by atoms with Crippen molar-refractivity contribution in [2.45, 2.75) is 31.7 Å². The third kappa shape index (κ3) is 3.13. The van der Waals surface area contributed by atoms with Gasteiger partial charge in [0.05, 0.1) is 0 Å². The summed E-state index contributed by atoms with van der Waals surface area (Å²) in [4.78, 5) is 15.4. The predicted octanol–water partition coefficient (Wildman–Crippen LogP) is 3.11. The van der Waals surface area contributed by atoms with Crippen molar-refractivity contribution in [1.29, 1.82) is 0 Å². The van der Waals surface area contributed by atoms with Crippen LogP contribution in [0.25, 0.3) is 0 Å². The van der Waals surface area contributed by atoms with Crippen LogP contribution in [-0.2, 0) is 0 Å². The number of amides is 1. The lowest BCUT2D eigenvalue weighted by atomic mass is 9.99. The fourth-order valence-corrected chi connectivity index (χ4v) is 3.95. The monoisotopic (exact) mass is 330 g/mol. The summed E-state index contributed by atoms with van der Waals surface area (Å²) in [7, 11) is 1.96. The highest BCUT2D eigenvalue weighted by molar-refractivity contribution is 9.10. The van der Waals surface area contributed by atoms with E-state index in [0.717, 1.165) is 41.7 Å². The molecule has 3 nitrogen and oxygen atoms in total. The van der Waals surface area contributed by atoms with E-state index in [2.05, 4.69) is 26.1 Å². The molecule has 0 radical (unpaired) electrons. The maximum Gasteiger partial charge on any atom is 0.265 e. The smallest absolute Gasteiger partial charge is 0.265 e. The Bertz CT molecular complexity index is 407. The molecule has 0 aliphatic carbocycles. The van der Waals surface area contributed by atoms with Crippen molar-refractivity contribution < 1.29 is 4.79 Å². The zero-order valence-electron chi connectivity index (χ0n) is 10.6. The summed E-state index contributed by atoms with van der Waals surface area (Å²) in [5.41, 5.74) is 0. The van der Waals surface area contributed by atoms with Crippen LogP contribution in [0.2, 0.25) is 0 Å². The van der Waals surface area contributed by atoms with Gasteiger partial charge >= 0.3 is 0 Å². The summed E-state index contributed by atoms with van der Waals surface area (Å²) in [6.45, 7) is 1.87. The molecule has 0 bridgehead atoms. The van der Waals surface area contributed by atoms with Gasteiger partial charge in [0.1, 0.15) is 4.88 Å². The van der Waals surface area contributed by atoms with Crippen LogP contribution in [0, 0.1) is 0 Å². The molecule has 18 heavy (non-hydrogen) atoms. The average molecular weight is 331 g/mol. The van der Waals surface area contributed by atoms with Gasteiger partial charge in [-0.2, -0.15) is 0 Å². The number of nitrogens with one attached hydrogen (secondary N) is 1. The van der Waals surface area contributed by atoms with E-state index >= 15 is 0 Å². The Kier molecular flexibility index (Phi) is 5.21. The summed E-state index contributed by atoms with van der Waals surface area (Å²) in [6, 6.07) is 2.34. The minimum Gasteiger partial charge on any atom is -0.335 e. The number of halogens is 1. The molecule has 1 aliphatic heterocycles. The van der Waals surface area contributed by atoms with E-state index in [0.29, 0.717) is 6.04 Å². The van der Waals surface area contributed by atoms with Crippen LogP contribution in [0.1, 0.15) is 35.4 Å². The van der Waals surface area contributed by atoms with Crippen LogP contribution in [0.3, 0.4) is 0 Å². The third-order valence-electron chi connectivity index (χ3n) is 3.43. The number of piperidine rings is 1. The lowest BCUT2D eigenvalue weighted by molar-refractivity contribution is 0.0607. The fourth-order valence-electron chi connectivity index (χ4n) is 2.46. The van der Waals surface area contributed by atoms with Gasteiger partial charge in [0.25, 0.3) is 5.91 Å². The molecule has 0 spiro atoms. The number of rotatable bonds is 4. The van der Waals surface area contributed by atoms with Crippen molar-refractivity contribution in [2.24, 2.45) is 0 Å². The molecule has 1 atom stereocenters. The molecule has 0 aromatic carbocycles. The number of hydrogen-bond acceptors (Lipinski definition) is 3. The van der Waals surface area contributed by atoms with Gasteiger partial charge in [0.15, 0.2) is 0 Å². The zero-order chi connectivity index (χ0) is 13.0. The second-order valence-electron chi connectivity index (χ2n) is 4.64. The van der Waals surface area contributed by atoms with Crippen molar-refractivity contribution in [2.75, 3.05) is 20.1 Å². The van der Waals surface area contributed by atoms with Crippen molar-refractivity contribution in [1.82, 2.24) is 10.2 Å². The number of carbonyl (C=O) groups excluding carboxylic acids is 1. The Hall–Kier alpha value is -0.390. The number of nitrogens with zero attached hydrogens (tertiary/aromatic N) is 1. The number of hydrogen-bond donors (Lipinski definition) is 1. The molecule has 2 rings (SSSR count). The standard InChI is InChI=1S/C13H19BrN2OS/c1-15-7-5-10-4-2-3-8-16(10)13(17)12-11(14)6-9-18-12/h6,9-10,15H,2-5,7-8H2,1H3. The maximum atomic E-state index is 12.5. The Morgan fingerprint density at radius 3 is 3.11 bits per heavy atom. The van der Waals surface area contributed by atoms with Crippen LogP contribution >= 0.6 is 27.3 Å². The second-order valence-corrected chi connectivity index (χ2v) is 6.41. The Labute approximate surface area is 121 Å². The number of thiophene rings is 1. The average Bonchev–Trinajstić information content (AvgIpc) is 2.82. The highest BCUT2D eigenvalue weighted by atomic mass is 79.9. The van der Waals surface area contributed by atoms with Gasteiger partial charge in [0, 0.05) is 17.1 Å². The van der Waals surface area contributed by atoms with Crippen LogP contribution in [0.5, 0.6) is 0 Å². The van der Waals surface area contributed by atoms with E-state index in [1.54, 1.807) is 0 Å². The molecular formula is C13H19BrN2OS. The normalized spacial score (nSPS) is 20.1. The molecule has 1 N–H and O–H groups in total. The molecule has 1 aromatic heterocycles. The summed E-state index contributed by atoms with van der Waals surface area (Å²) in [5, 5.41) is 5.14. The molecule has 1 saturated heterocycles. The molecule has 1 aliphatic rings. The molecule has 5 heteroatoms. The van der Waals surface area contributed by atoms with Crippen molar-refractivity contribution in [3.05, 3.63) is 20.8 Å². The molecule has 100 valence electrons. The molecule has 1 amide bonds. The minimum absolute atomic E-state index is 0.192. The number of likely N-dealkylation sites (tertiary alicyclic amines) is 1. The highest BCUT2D eigenvalue weighted by Gasteiger charge is 2.28. The first-order valence-corrected chi connectivity index (χ1v) is 8.10. The van der Waals surface area contributed by atoms with Gasteiger partial charge in [-0.05, 0) is 66.7 Å². The summed E-state index contributed by atoms with van der Waals surface area (Å²) in [6.07, 6.45) is 4.55. The summed E-state index contributed by atoms with van der Waals surface area (Å²) in [5.74, 6) is 0.192. The lowest BCUT2D eigenvalue weighted by Gasteiger charge is -2.35. The first kappa shape index (κ1) is 14.0. The summed E-state index contributed by atoms with van der Waals surface area (Å²) >= 11 is 4.98. The van der Waals surface area contributed by atoms with Gasteiger partial charge in [-0.25, -0.2) is 0 Å². The minimum atomic E-state index is 0.192. The van der Waals surface area contributed by atoms with Crippen LogP contribution in [-0.4, -0.2) is 37.0 Å². The Balaban J connectivity index is 2.08. The van der Waals surface area contributed by atoms with E-state index in [-0.39, 0.29) is 5.91 Å². The van der Waals surface area contributed by atoms with Crippen molar-refractivity contribution in [3.8, 4) is 0 Å². The van der Waals surface area contributed by atoms with E-state index < -0.39 is 0 Å². The van der Waals surface area contributed by atoms with Gasteiger partial charge in [0.2, 0.25) is 0 Å². The maximum absolute atomic E-state index is 12.5. The molecular weight excluding hydrogens is 312 g/mol. The Morgan fingerprint density at radius 2 is 2.44 bits per heavy atom. The second kappa shape index (κ2) is 6.68. The molecule has 2 heterocycles. The van der Waals surface area contributed by atoms with E-state index in [1.807, 2.05) is 18.5 Å². The van der Waals surface area contributed by atoms with E-state index in [9.17, 15) is 4.79 Å². The van der Waals surface area contributed by atoms with E-state index in [4.69, 9.17) is 0 Å². The van der Waals surface area contributed by atoms with Gasteiger partial charge in [-0.3, -0.25) is 4.79 Å². The van der Waals surface area contributed by atoms with E-state index in [1.165, 1.54) is 17.8 Å². The fraction of sp³-hybridized carbons (Fsp3) is 0.615. The molecule has 0 saturated carbocycles. The van der Waals surface area contributed by atoms with Gasteiger partial charge in [-0.15, -0.1) is 11.3 Å². The zero-order valence-corrected chi connectivity index (χ0v) is 13.0. The van der Waals surface area contributed by atoms with Crippen molar-refractivity contribution >= 4 is 33.2 Å². The SMILES string of the molecule is CNCCC1CCCCN1C(=O)c1sccc1Br. The third-order valence-corrected chi connectivity index (χ3v) is 5.25. The molecule has 1 fully saturated rings. The van der Waals surface area contributed by atoms with Crippen LogP contribution in [0.15, 0.2) is 15.9 Å². The Morgan fingerprint density at radius 1 is 1.61 bits per heavy atom. The lowest BCUT2D eigenvalue weighted by Crippen LogP contribution is -2.44. The number of carbonyl (C=O) groups is 1. The summed E-state index contributed by atoms with van der Waals surface area (Å²) < 4.78 is 0.926. The van der Waals surface area contributed by atoms with Crippen LogP contribution in [0.4, 0.5) is 0 Å². The largest absolute Gasteiger partial charge is 0.335 e. The van der Waals surface area contributed by atoms with Crippen LogP contribution < -0.4 is 5.32 Å². The van der Waals surface area contributed by atoms with Crippen molar-refractivity contribution in [3.63, 3.8) is 0 Å². The topological polar surface area (TPSA) is 32.3 Å². The molecule has 1 aromatic rings. The first-order valence-electron chi connectivity index (χ1n) is 6.42. The first-order chi connectivity index (χ1) is 8.74.